The van der Waals surface area contributed by atoms with Gasteiger partial charge in [-0.3, -0.25) is 0 Å². The Morgan fingerprint density at radius 1 is 1.53 bits per heavy atom. The largest absolute Gasteiger partial charge is 0.495 e. The lowest BCUT2D eigenvalue weighted by molar-refractivity contribution is 0.0526. The minimum atomic E-state index is -0.474. The molecule has 0 N–H and O–H groups in total. The zero-order chi connectivity index (χ0) is 12.8. The fraction of sp³-hybridized carbons (Fsp3) is 0.333. The van der Waals surface area contributed by atoms with Gasteiger partial charge in [-0.05, 0) is 19.1 Å². The van der Waals surface area contributed by atoms with Crippen LogP contribution in [-0.2, 0) is 10.6 Å². The van der Waals surface area contributed by atoms with E-state index in [1.807, 2.05) is 6.07 Å². The van der Waals surface area contributed by atoms with Crippen molar-refractivity contribution in [2.24, 2.45) is 0 Å². The monoisotopic (exact) mass is 253 g/mol. The molecule has 0 aliphatic rings. The maximum Gasteiger partial charge on any atom is 0.338 e. The van der Waals surface area contributed by atoms with Gasteiger partial charge in [0.15, 0.2) is 0 Å². The van der Waals surface area contributed by atoms with Crippen molar-refractivity contribution in [2.75, 3.05) is 13.7 Å². The highest BCUT2D eigenvalue weighted by Crippen LogP contribution is 2.27. The number of nitrogens with zero attached hydrogens (tertiary/aromatic N) is 1. The summed E-state index contributed by atoms with van der Waals surface area (Å²) in [6.45, 7) is 2.00. The summed E-state index contributed by atoms with van der Waals surface area (Å²) >= 11 is 5.75. The molecule has 90 valence electrons. The van der Waals surface area contributed by atoms with Gasteiger partial charge in [0.1, 0.15) is 11.8 Å². The molecular formula is C12H12ClNO3. The lowest BCUT2D eigenvalue weighted by Gasteiger charge is -2.10. The van der Waals surface area contributed by atoms with E-state index in [0.717, 1.165) is 0 Å². The standard InChI is InChI=1S/C12H12ClNO3/c1-3-17-12(15)8-4-9(6-13)11(16-2)10(5-8)7-14/h4-5H,3,6H2,1-2H3. The maximum atomic E-state index is 11.6. The number of hydrogen-bond acceptors (Lipinski definition) is 4. The van der Waals surface area contributed by atoms with Crippen LogP contribution in [0.4, 0.5) is 0 Å². The molecule has 5 heteroatoms. The molecule has 0 aliphatic carbocycles. The Labute approximate surface area is 105 Å². The molecule has 0 aromatic heterocycles. The van der Waals surface area contributed by atoms with Crippen molar-refractivity contribution < 1.29 is 14.3 Å². The van der Waals surface area contributed by atoms with Gasteiger partial charge < -0.3 is 9.47 Å². The molecule has 0 fully saturated rings. The fourth-order valence-electron chi connectivity index (χ4n) is 1.44. The highest BCUT2D eigenvalue weighted by molar-refractivity contribution is 6.17. The summed E-state index contributed by atoms with van der Waals surface area (Å²) in [5, 5.41) is 8.98. The Morgan fingerprint density at radius 3 is 2.71 bits per heavy atom. The number of nitriles is 1. The maximum absolute atomic E-state index is 11.6. The van der Waals surface area contributed by atoms with E-state index in [9.17, 15) is 4.79 Å². The van der Waals surface area contributed by atoms with Crippen LogP contribution in [0, 0.1) is 11.3 Å². The third-order valence-electron chi connectivity index (χ3n) is 2.15. The lowest BCUT2D eigenvalue weighted by atomic mass is 10.1. The normalized spacial score (nSPS) is 9.53. The summed E-state index contributed by atoms with van der Waals surface area (Å²) in [5.41, 5.74) is 1.17. The van der Waals surface area contributed by atoms with E-state index in [0.29, 0.717) is 16.9 Å². The smallest absolute Gasteiger partial charge is 0.338 e. The number of rotatable bonds is 4. The third kappa shape index (κ3) is 2.89. The number of halogens is 1. The molecular weight excluding hydrogens is 242 g/mol. The molecule has 1 aromatic rings. The van der Waals surface area contributed by atoms with E-state index in [-0.39, 0.29) is 18.1 Å². The van der Waals surface area contributed by atoms with Crippen molar-refractivity contribution in [3.05, 3.63) is 28.8 Å². The van der Waals surface area contributed by atoms with Crippen LogP contribution >= 0.6 is 11.6 Å². The molecule has 17 heavy (non-hydrogen) atoms. The minimum Gasteiger partial charge on any atom is -0.495 e. The van der Waals surface area contributed by atoms with Crippen LogP contribution in [0.5, 0.6) is 5.75 Å². The van der Waals surface area contributed by atoms with Gasteiger partial charge in [-0.25, -0.2) is 4.79 Å². The number of hydrogen-bond donors (Lipinski definition) is 0. The van der Waals surface area contributed by atoms with Crippen LogP contribution in [0.2, 0.25) is 0 Å². The summed E-state index contributed by atoms with van der Waals surface area (Å²) < 4.78 is 9.96. The number of alkyl halides is 1. The van der Waals surface area contributed by atoms with Crippen molar-refractivity contribution in [1.82, 2.24) is 0 Å². The first-order valence-corrected chi connectivity index (χ1v) is 5.55. The lowest BCUT2D eigenvalue weighted by Crippen LogP contribution is -2.06. The topological polar surface area (TPSA) is 59.3 Å². The average molecular weight is 254 g/mol. The van der Waals surface area contributed by atoms with Crippen LogP contribution < -0.4 is 4.74 Å². The van der Waals surface area contributed by atoms with Gasteiger partial charge in [-0.1, -0.05) is 0 Å². The quantitative estimate of drug-likeness (QED) is 0.611. The summed E-state index contributed by atoms with van der Waals surface area (Å²) in [4.78, 5) is 11.6. The Morgan fingerprint density at radius 2 is 2.24 bits per heavy atom. The number of esters is 1. The number of carbonyl (C=O) groups is 1. The van der Waals surface area contributed by atoms with Gasteiger partial charge in [0.25, 0.3) is 0 Å². The van der Waals surface area contributed by atoms with Crippen molar-refractivity contribution in [2.45, 2.75) is 12.8 Å². The molecule has 0 saturated carbocycles. The van der Waals surface area contributed by atoms with Crippen LogP contribution in [0.15, 0.2) is 12.1 Å². The number of benzene rings is 1. The molecule has 1 aromatic carbocycles. The molecule has 0 spiro atoms. The molecule has 1 rings (SSSR count). The SMILES string of the molecule is CCOC(=O)c1cc(C#N)c(OC)c(CCl)c1. The van der Waals surface area contributed by atoms with Crippen LogP contribution in [0.1, 0.15) is 28.4 Å². The molecule has 0 heterocycles. The van der Waals surface area contributed by atoms with Gasteiger partial charge in [0.05, 0.1) is 30.7 Å². The van der Waals surface area contributed by atoms with Gasteiger partial charge >= 0.3 is 5.97 Å². The van der Waals surface area contributed by atoms with Crippen molar-refractivity contribution in [3.63, 3.8) is 0 Å². The second-order valence-electron chi connectivity index (χ2n) is 3.18. The summed E-state index contributed by atoms with van der Waals surface area (Å²) in [6, 6.07) is 4.98. The van der Waals surface area contributed by atoms with E-state index >= 15 is 0 Å². The van der Waals surface area contributed by atoms with Crippen LogP contribution in [-0.4, -0.2) is 19.7 Å². The summed E-state index contributed by atoms with van der Waals surface area (Å²) in [7, 11) is 1.45. The highest BCUT2D eigenvalue weighted by atomic mass is 35.5. The Kier molecular flexibility index (Phi) is 4.80. The first kappa shape index (κ1) is 13.3. The van der Waals surface area contributed by atoms with Crippen molar-refractivity contribution >= 4 is 17.6 Å². The van der Waals surface area contributed by atoms with E-state index in [1.54, 1.807) is 13.0 Å². The number of ether oxygens (including phenoxy) is 2. The fourth-order valence-corrected chi connectivity index (χ4v) is 1.64. The molecule has 4 nitrogen and oxygen atoms in total. The first-order chi connectivity index (χ1) is 8.17. The first-order valence-electron chi connectivity index (χ1n) is 5.02. The predicted molar refractivity (Wildman–Crippen MR) is 63.2 cm³/mol. The van der Waals surface area contributed by atoms with E-state index in [2.05, 4.69) is 0 Å². The van der Waals surface area contributed by atoms with E-state index in [4.69, 9.17) is 26.3 Å². The minimum absolute atomic E-state index is 0.158. The average Bonchev–Trinajstić information content (AvgIpc) is 2.37. The van der Waals surface area contributed by atoms with Gasteiger partial charge in [-0.2, -0.15) is 5.26 Å². The molecule has 0 saturated heterocycles. The van der Waals surface area contributed by atoms with Crippen molar-refractivity contribution in [3.8, 4) is 11.8 Å². The Balaban J connectivity index is 3.28. The van der Waals surface area contributed by atoms with Crippen LogP contribution in [0.3, 0.4) is 0 Å². The molecule has 0 amide bonds. The molecule has 0 atom stereocenters. The zero-order valence-corrected chi connectivity index (χ0v) is 10.4. The molecule has 0 aliphatic heterocycles. The van der Waals surface area contributed by atoms with Crippen molar-refractivity contribution in [1.29, 1.82) is 5.26 Å². The summed E-state index contributed by atoms with van der Waals surface area (Å²) in [5.74, 6) is 0.0824. The Hall–Kier alpha value is -1.73. The predicted octanol–water partition coefficient (Wildman–Crippen LogP) is 2.48. The summed E-state index contributed by atoms with van der Waals surface area (Å²) in [6.07, 6.45) is 0. The number of carbonyl (C=O) groups excluding carboxylic acids is 1. The second-order valence-corrected chi connectivity index (χ2v) is 3.45. The van der Waals surface area contributed by atoms with Gasteiger partial charge in [0, 0.05) is 5.56 Å². The Bertz CT molecular complexity index is 466. The highest BCUT2D eigenvalue weighted by Gasteiger charge is 2.15. The second kappa shape index (κ2) is 6.12. The molecule has 0 radical (unpaired) electrons. The van der Waals surface area contributed by atoms with Crippen LogP contribution in [0.25, 0.3) is 0 Å². The van der Waals surface area contributed by atoms with Gasteiger partial charge in [-0.15, -0.1) is 11.6 Å². The zero-order valence-electron chi connectivity index (χ0n) is 9.62. The number of methoxy groups -OCH3 is 1. The third-order valence-corrected chi connectivity index (χ3v) is 2.43. The molecule has 0 unspecified atom stereocenters. The molecule has 0 bridgehead atoms. The van der Waals surface area contributed by atoms with E-state index in [1.165, 1.54) is 13.2 Å². The van der Waals surface area contributed by atoms with Gasteiger partial charge in [0.2, 0.25) is 0 Å². The van der Waals surface area contributed by atoms with E-state index < -0.39 is 5.97 Å².